The van der Waals surface area contributed by atoms with Gasteiger partial charge in [-0.25, -0.2) is 0 Å². The molecular weight excluding hydrogens is 232 g/mol. The highest BCUT2D eigenvalue weighted by molar-refractivity contribution is 5.91. The Morgan fingerprint density at radius 3 is 2.83 bits per heavy atom. The van der Waals surface area contributed by atoms with Crippen LogP contribution in [-0.4, -0.2) is 46.6 Å². The van der Waals surface area contributed by atoms with Crippen LogP contribution in [0.25, 0.3) is 0 Å². The van der Waals surface area contributed by atoms with Crippen LogP contribution in [0, 0.1) is 17.8 Å². The van der Waals surface area contributed by atoms with Crippen molar-refractivity contribution in [3.05, 3.63) is 0 Å². The zero-order valence-corrected chi connectivity index (χ0v) is 10.2. The molecule has 2 heterocycles. The topological polar surface area (TPSA) is 69.6 Å². The lowest BCUT2D eigenvalue weighted by Gasteiger charge is -2.30. The van der Waals surface area contributed by atoms with E-state index in [4.69, 9.17) is 0 Å². The number of fused-ring (bicyclic) bond motifs is 1. The van der Waals surface area contributed by atoms with Crippen molar-refractivity contribution in [3.63, 3.8) is 0 Å². The third-order valence-electron chi connectivity index (χ3n) is 5.43. The molecule has 4 aliphatic rings. The van der Waals surface area contributed by atoms with Crippen molar-refractivity contribution < 1.29 is 14.7 Å². The number of aliphatic hydroxyl groups excluding tert-OH is 1. The molecule has 0 aromatic carbocycles. The maximum absolute atomic E-state index is 12.4. The van der Waals surface area contributed by atoms with Gasteiger partial charge in [0, 0.05) is 13.0 Å². The molecule has 2 aliphatic carbocycles. The molecule has 2 aliphatic heterocycles. The lowest BCUT2D eigenvalue weighted by molar-refractivity contribution is -0.137. The zero-order valence-electron chi connectivity index (χ0n) is 10.2. The second-order valence-corrected chi connectivity index (χ2v) is 6.29. The average molecular weight is 250 g/mol. The molecular formula is C13H18N2O3. The van der Waals surface area contributed by atoms with Crippen LogP contribution in [-0.2, 0) is 9.59 Å². The largest absolute Gasteiger partial charge is 0.391 e. The zero-order chi connectivity index (χ0) is 12.4. The molecule has 2 N–H and O–H groups in total. The van der Waals surface area contributed by atoms with Gasteiger partial charge in [0.15, 0.2) is 0 Å². The fourth-order valence-corrected chi connectivity index (χ4v) is 4.67. The number of nitrogens with zero attached hydrogens (tertiary/aromatic N) is 1. The molecule has 18 heavy (non-hydrogen) atoms. The molecule has 0 aromatic rings. The number of aliphatic hydroxyl groups is 1. The van der Waals surface area contributed by atoms with E-state index in [2.05, 4.69) is 5.32 Å². The summed E-state index contributed by atoms with van der Waals surface area (Å²) in [6.45, 7) is 0.786. The van der Waals surface area contributed by atoms with E-state index in [-0.39, 0.29) is 30.0 Å². The van der Waals surface area contributed by atoms with Gasteiger partial charge in [-0.15, -0.1) is 0 Å². The predicted octanol–water partition coefficient (Wildman–Crippen LogP) is -0.507. The second kappa shape index (κ2) is 3.47. The van der Waals surface area contributed by atoms with Crippen LogP contribution >= 0.6 is 0 Å². The average Bonchev–Trinajstić information content (AvgIpc) is 3.01. The van der Waals surface area contributed by atoms with Gasteiger partial charge in [0.25, 0.3) is 0 Å². The van der Waals surface area contributed by atoms with Crippen molar-refractivity contribution in [2.24, 2.45) is 17.8 Å². The van der Waals surface area contributed by atoms with Crippen molar-refractivity contribution in [1.29, 1.82) is 0 Å². The number of hydrogen-bond donors (Lipinski definition) is 2. The van der Waals surface area contributed by atoms with Gasteiger partial charge in [-0.3, -0.25) is 9.59 Å². The van der Waals surface area contributed by atoms with E-state index in [9.17, 15) is 14.7 Å². The molecule has 2 bridgehead atoms. The summed E-state index contributed by atoms with van der Waals surface area (Å²) >= 11 is 0. The molecule has 4 fully saturated rings. The van der Waals surface area contributed by atoms with Crippen molar-refractivity contribution in [1.82, 2.24) is 10.2 Å². The van der Waals surface area contributed by atoms with Gasteiger partial charge >= 0.3 is 0 Å². The minimum atomic E-state index is -0.346. The number of carbonyl (C=O) groups excluding carboxylic acids is 2. The number of carbonyl (C=O) groups is 2. The molecule has 2 amide bonds. The molecule has 98 valence electrons. The van der Waals surface area contributed by atoms with Gasteiger partial charge in [0.05, 0.1) is 12.1 Å². The normalized spacial score (nSPS) is 48.9. The van der Waals surface area contributed by atoms with Gasteiger partial charge in [0.2, 0.25) is 11.8 Å². The first-order valence-electron chi connectivity index (χ1n) is 6.93. The maximum atomic E-state index is 12.4. The number of likely N-dealkylation sites (tertiary alicyclic amines) is 1. The minimum Gasteiger partial charge on any atom is -0.391 e. The van der Waals surface area contributed by atoms with Gasteiger partial charge in [-0.05, 0) is 37.0 Å². The molecule has 4 rings (SSSR count). The molecule has 0 radical (unpaired) electrons. The van der Waals surface area contributed by atoms with E-state index in [1.807, 2.05) is 4.90 Å². The summed E-state index contributed by atoms with van der Waals surface area (Å²) in [5, 5.41) is 13.0. The lowest BCUT2D eigenvalue weighted by Crippen LogP contribution is -2.50. The third kappa shape index (κ3) is 1.25. The fraction of sp³-hybridized carbons (Fsp3) is 0.846. The van der Waals surface area contributed by atoms with Crippen LogP contribution in [0.3, 0.4) is 0 Å². The highest BCUT2D eigenvalue weighted by Crippen LogP contribution is 2.55. The predicted molar refractivity (Wildman–Crippen MR) is 62.4 cm³/mol. The number of amides is 2. The van der Waals surface area contributed by atoms with E-state index in [0.29, 0.717) is 30.6 Å². The van der Waals surface area contributed by atoms with Gasteiger partial charge in [0.1, 0.15) is 6.04 Å². The monoisotopic (exact) mass is 250 g/mol. The second-order valence-electron chi connectivity index (χ2n) is 6.29. The van der Waals surface area contributed by atoms with Crippen molar-refractivity contribution >= 4 is 11.8 Å². The smallest absolute Gasteiger partial charge is 0.245 e. The van der Waals surface area contributed by atoms with Crippen LogP contribution in [0.15, 0.2) is 0 Å². The van der Waals surface area contributed by atoms with E-state index in [0.717, 1.165) is 19.4 Å². The Labute approximate surface area is 106 Å². The first-order valence-corrected chi connectivity index (χ1v) is 6.93. The molecule has 5 nitrogen and oxygen atoms in total. The summed E-state index contributed by atoms with van der Waals surface area (Å²) in [6.07, 6.45) is 2.87. The minimum absolute atomic E-state index is 0.0266. The van der Waals surface area contributed by atoms with E-state index in [1.54, 1.807) is 0 Å². The molecule has 6 unspecified atom stereocenters. The van der Waals surface area contributed by atoms with Crippen molar-refractivity contribution in [2.75, 3.05) is 6.54 Å². The first-order chi connectivity index (χ1) is 8.65. The highest BCUT2D eigenvalue weighted by atomic mass is 16.3. The van der Waals surface area contributed by atoms with Crippen molar-refractivity contribution in [2.45, 2.75) is 43.9 Å². The fourth-order valence-electron chi connectivity index (χ4n) is 4.67. The summed E-state index contributed by atoms with van der Waals surface area (Å²) in [5.41, 5.74) is 0. The first kappa shape index (κ1) is 10.8. The Balaban J connectivity index is 1.56. The molecule has 2 saturated heterocycles. The van der Waals surface area contributed by atoms with E-state index < -0.39 is 0 Å². The van der Waals surface area contributed by atoms with Crippen LogP contribution in [0.5, 0.6) is 0 Å². The SMILES string of the molecule is O=C1CCC(C(=O)N2CC3CC4CC3C2C4O)N1. The lowest BCUT2D eigenvalue weighted by atomic mass is 9.88. The van der Waals surface area contributed by atoms with Gasteiger partial charge in [-0.2, -0.15) is 0 Å². The van der Waals surface area contributed by atoms with Crippen LogP contribution in [0.1, 0.15) is 25.7 Å². The Morgan fingerprint density at radius 1 is 1.33 bits per heavy atom. The molecule has 5 heteroatoms. The van der Waals surface area contributed by atoms with E-state index >= 15 is 0 Å². The summed E-state index contributed by atoms with van der Waals surface area (Å²) < 4.78 is 0. The highest BCUT2D eigenvalue weighted by Gasteiger charge is 2.60. The Kier molecular flexibility index (Phi) is 2.08. The summed E-state index contributed by atoms with van der Waals surface area (Å²) in [5.74, 6) is 1.50. The number of nitrogens with one attached hydrogen (secondary N) is 1. The summed E-state index contributed by atoms with van der Waals surface area (Å²) in [6, 6.07) is -0.319. The Morgan fingerprint density at radius 2 is 2.17 bits per heavy atom. The Bertz CT molecular complexity index is 422. The Hall–Kier alpha value is -1.10. The molecule has 0 aromatic heterocycles. The van der Waals surface area contributed by atoms with Crippen LogP contribution in [0.2, 0.25) is 0 Å². The quantitative estimate of drug-likeness (QED) is 0.658. The summed E-state index contributed by atoms with van der Waals surface area (Å²) in [4.78, 5) is 25.5. The third-order valence-corrected chi connectivity index (χ3v) is 5.43. The van der Waals surface area contributed by atoms with Crippen molar-refractivity contribution in [3.8, 4) is 0 Å². The molecule has 0 spiro atoms. The molecule has 2 saturated carbocycles. The molecule has 6 atom stereocenters. The number of rotatable bonds is 1. The number of hydrogen-bond acceptors (Lipinski definition) is 3. The van der Waals surface area contributed by atoms with Crippen LogP contribution < -0.4 is 5.32 Å². The maximum Gasteiger partial charge on any atom is 0.245 e. The standard InChI is InChI=1S/C13H18N2O3/c16-10-2-1-9(14-10)13(18)15-5-7-3-6-4-8(7)11(15)12(6)17/h6-9,11-12,17H,1-5H2,(H,14,16). The van der Waals surface area contributed by atoms with E-state index in [1.165, 1.54) is 0 Å². The van der Waals surface area contributed by atoms with Gasteiger partial charge < -0.3 is 15.3 Å². The van der Waals surface area contributed by atoms with Gasteiger partial charge in [-0.1, -0.05) is 0 Å². The van der Waals surface area contributed by atoms with Crippen LogP contribution in [0.4, 0.5) is 0 Å². The summed E-state index contributed by atoms with van der Waals surface area (Å²) in [7, 11) is 0.